The number of carbonyl (C=O) groups excluding carboxylic acids is 3. The van der Waals surface area contributed by atoms with E-state index in [4.69, 9.17) is 58.0 Å². The maximum absolute atomic E-state index is 13.9. The molecule has 0 radical (unpaired) electrons. The first kappa shape index (κ1) is 22.0. The van der Waals surface area contributed by atoms with E-state index in [1.807, 2.05) is 4.90 Å². The summed E-state index contributed by atoms with van der Waals surface area (Å²) in [5, 5.41) is 3.72. The zero-order chi connectivity index (χ0) is 23.4. The smallest absolute Gasteiger partial charge is 0.250 e. The van der Waals surface area contributed by atoms with Crippen LogP contribution in [0.4, 0.5) is 11.4 Å². The normalized spacial score (nSPS) is 32.5. The van der Waals surface area contributed by atoms with E-state index in [0.717, 1.165) is 4.90 Å². The molecule has 0 bridgehead atoms. The Morgan fingerprint density at radius 3 is 2.27 bits per heavy atom. The molecule has 4 heterocycles. The molecule has 33 heavy (non-hydrogen) atoms. The standard InChI is InChI=1S/C22H14Cl5N3O3/c23-8-1-9(24)3-12(2-8)30-19(31)16-15-6-11(26)7-29(15)22(17(16)20(30)32)13-4-10(25)5-14(27)18(13)28-21(22)33/h1-5,11,15-17H,6-7H2,(H,28,33)/t11-,15?,16?,17?,22?/m0/s1. The lowest BCUT2D eigenvalue weighted by Gasteiger charge is -2.36. The maximum Gasteiger partial charge on any atom is 0.250 e. The van der Waals surface area contributed by atoms with E-state index in [0.29, 0.717) is 29.2 Å². The Kier molecular flexibility index (Phi) is 4.81. The topological polar surface area (TPSA) is 69.7 Å². The SMILES string of the molecule is O=C1C2C3C[C@H](Cl)CN3C3(C(=O)Nc4c(Cl)cc(Cl)cc43)C2C(=O)N1c1cc(Cl)cc(Cl)c1. The second-order valence-corrected chi connectivity index (χ2v) is 11.1. The number of imide groups is 1. The van der Waals surface area contributed by atoms with Gasteiger partial charge in [0.15, 0.2) is 0 Å². The summed E-state index contributed by atoms with van der Waals surface area (Å²) < 4.78 is 0. The average molecular weight is 546 g/mol. The third kappa shape index (κ3) is 2.77. The third-order valence-electron chi connectivity index (χ3n) is 7.12. The second-order valence-electron chi connectivity index (χ2n) is 8.73. The highest BCUT2D eigenvalue weighted by Crippen LogP contribution is 2.62. The van der Waals surface area contributed by atoms with Gasteiger partial charge in [0.05, 0.1) is 28.2 Å². The molecule has 170 valence electrons. The van der Waals surface area contributed by atoms with Crippen LogP contribution in [0.2, 0.25) is 20.1 Å². The number of amides is 3. The van der Waals surface area contributed by atoms with Gasteiger partial charge in [0.2, 0.25) is 11.8 Å². The van der Waals surface area contributed by atoms with Gasteiger partial charge in [-0.05, 0) is 36.8 Å². The molecule has 1 N–H and O–H groups in total. The minimum atomic E-state index is -1.45. The first-order valence-corrected chi connectivity index (χ1v) is 12.1. The Labute approximate surface area is 213 Å². The van der Waals surface area contributed by atoms with Crippen molar-refractivity contribution in [2.45, 2.75) is 23.4 Å². The first-order chi connectivity index (χ1) is 15.6. The summed E-state index contributed by atoms with van der Waals surface area (Å²) >= 11 is 31.5. The number of hydrogen-bond donors (Lipinski definition) is 1. The lowest BCUT2D eigenvalue weighted by molar-refractivity contribution is -0.135. The van der Waals surface area contributed by atoms with Crippen LogP contribution in [0.25, 0.3) is 0 Å². The van der Waals surface area contributed by atoms with E-state index < -0.39 is 41.1 Å². The molecule has 2 aromatic rings. The summed E-state index contributed by atoms with van der Waals surface area (Å²) in [6.45, 7) is 0.347. The zero-order valence-corrected chi connectivity index (χ0v) is 20.4. The highest BCUT2D eigenvalue weighted by molar-refractivity contribution is 6.38. The van der Waals surface area contributed by atoms with Gasteiger partial charge in [-0.25, -0.2) is 4.90 Å². The predicted octanol–water partition coefficient (Wildman–Crippen LogP) is 4.95. The summed E-state index contributed by atoms with van der Waals surface area (Å²) in [6.07, 6.45) is 0.463. The summed E-state index contributed by atoms with van der Waals surface area (Å²) in [5.74, 6) is -3.07. The minimum Gasteiger partial charge on any atom is -0.323 e. The first-order valence-electron chi connectivity index (χ1n) is 10.2. The molecule has 4 aliphatic rings. The highest BCUT2D eigenvalue weighted by atomic mass is 35.5. The van der Waals surface area contributed by atoms with Crippen molar-refractivity contribution in [1.82, 2.24) is 4.90 Å². The Morgan fingerprint density at radius 2 is 1.58 bits per heavy atom. The summed E-state index contributed by atoms with van der Waals surface area (Å²) in [7, 11) is 0. The molecule has 3 fully saturated rings. The Hall–Kier alpha value is -1.54. The van der Waals surface area contributed by atoms with Crippen LogP contribution in [0.15, 0.2) is 30.3 Å². The van der Waals surface area contributed by atoms with Crippen molar-refractivity contribution >= 4 is 87.1 Å². The molecule has 0 aromatic heterocycles. The number of anilines is 2. The monoisotopic (exact) mass is 543 g/mol. The molecule has 6 nitrogen and oxygen atoms in total. The van der Waals surface area contributed by atoms with E-state index in [9.17, 15) is 14.4 Å². The molecule has 2 aromatic carbocycles. The number of carbonyl (C=O) groups is 3. The Morgan fingerprint density at radius 1 is 0.909 bits per heavy atom. The number of nitrogens with zero attached hydrogens (tertiary/aromatic N) is 2. The van der Waals surface area contributed by atoms with Gasteiger partial charge in [0.25, 0.3) is 5.91 Å². The second kappa shape index (κ2) is 7.23. The van der Waals surface area contributed by atoms with E-state index in [2.05, 4.69) is 5.32 Å². The molecule has 0 aliphatic carbocycles. The van der Waals surface area contributed by atoms with Gasteiger partial charge in [-0.2, -0.15) is 0 Å². The summed E-state index contributed by atoms with van der Waals surface area (Å²) in [4.78, 5) is 44.3. The molecular weight excluding hydrogens is 532 g/mol. The fraction of sp³-hybridized carbons (Fsp3) is 0.318. The predicted molar refractivity (Wildman–Crippen MR) is 127 cm³/mol. The fourth-order valence-electron chi connectivity index (χ4n) is 6.10. The quantitative estimate of drug-likeness (QED) is 0.407. The van der Waals surface area contributed by atoms with Gasteiger partial charge in [0, 0.05) is 38.6 Å². The number of alkyl halides is 1. The van der Waals surface area contributed by atoms with Gasteiger partial charge in [-0.15, -0.1) is 11.6 Å². The maximum atomic E-state index is 13.9. The van der Waals surface area contributed by atoms with Crippen molar-refractivity contribution < 1.29 is 14.4 Å². The number of nitrogens with one attached hydrogen (secondary N) is 1. The van der Waals surface area contributed by atoms with Crippen molar-refractivity contribution in [3.8, 4) is 0 Å². The lowest BCUT2D eigenvalue weighted by Crippen LogP contribution is -2.54. The molecule has 3 amide bonds. The molecule has 6 rings (SSSR count). The van der Waals surface area contributed by atoms with Crippen LogP contribution in [-0.2, 0) is 19.9 Å². The molecule has 5 atom stereocenters. The summed E-state index contributed by atoms with van der Waals surface area (Å²) in [5.41, 5.74) is -0.303. The van der Waals surface area contributed by atoms with Crippen LogP contribution < -0.4 is 10.2 Å². The van der Waals surface area contributed by atoms with E-state index in [1.165, 1.54) is 24.3 Å². The van der Waals surface area contributed by atoms with Crippen LogP contribution in [0, 0.1) is 11.8 Å². The van der Waals surface area contributed by atoms with E-state index in [1.54, 1.807) is 6.07 Å². The van der Waals surface area contributed by atoms with Gasteiger partial charge in [-0.3, -0.25) is 19.3 Å². The molecular formula is C22H14Cl5N3O3. The molecule has 4 aliphatic heterocycles. The van der Waals surface area contributed by atoms with Crippen LogP contribution >= 0.6 is 58.0 Å². The van der Waals surface area contributed by atoms with Crippen LogP contribution in [0.1, 0.15) is 12.0 Å². The summed E-state index contributed by atoms with van der Waals surface area (Å²) in [6, 6.07) is 7.29. The fourth-order valence-corrected chi connectivity index (χ4v) is 7.49. The van der Waals surface area contributed by atoms with Gasteiger partial charge < -0.3 is 5.32 Å². The van der Waals surface area contributed by atoms with Crippen molar-refractivity contribution in [2.24, 2.45) is 11.8 Å². The number of rotatable bonds is 1. The molecule has 11 heteroatoms. The Balaban J connectivity index is 1.58. The minimum absolute atomic E-state index is 0.264. The van der Waals surface area contributed by atoms with Gasteiger partial charge >= 0.3 is 0 Å². The van der Waals surface area contributed by atoms with Crippen LogP contribution in [-0.4, -0.2) is 40.6 Å². The largest absolute Gasteiger partial charge is 0.323 e. The molecule has 4 unspecified atom stereocenters. The Bertz CT molecular complexity index is 1270. The van der Waals surface area contributed by atoms with E-state index in [-0.39, 0.29) is 26.1 Å². The van der Waals surface area contributed by atoms with Crippen molar-refractivity contribution in [2.75, 3.05) is 16.8 Å². The molecule has 0 saturated carbocycles. The van der Waals surface area contributed by atoms with Crippen molar-refractivity contribution in [3.05, 3.63) is 56.0 Å². The van der Waals surface area contributed by atoms with Crippen LogP contribution in [0.3, 0.4) is 0 Å². The van der Waals surface area contributed by atoms with Crippen LogP contribution in [0.5, 0.6) is 0 Å². The lowest BCUT2D eigenvalue weighted by atomic mass is 9.75. The zero-order valence-electron chi connectivity index (χ0n) is 16.6. The molecule has 1 spiro atoms. The number of benzene rings is 2. The highest BCUT2D eigenvalue weighted by Gasteiger charge is 2.75. The van der Waals surface area contributed by atoms with Gasteiger partial charge in [0.1, 0.15) is 5.54 Å². The average Bonchev–Trinajstić information content (AvgIpc) is 3.37. The van der Waals surface area contributed by atoms with E-state index >= 15 is 0 Å². The number of halogens is 5. The van der Waals surface area contributed by atoms with Crippen molar-refractivity contribution in [1.29, 1.82) is 0 Å². The van der Waals surface area contributed by atoms with Crippen molar-refractivity contribution in [3.63, 3.8) is 0 Å². The van der Waals surface area contributed by atoms with Gasteiger partial charge in [-0.1, -0.05) is 46.4 Å². The molecule has 3 saturated heterocycles. The number of hydrogen-bond acceptors (Lipinski definition) is 4. The number of fused-ring (bicyclic) bond motifs is 7. The third-order valence-corrected chi connectivity index (χ3v) is 8.39.